The van der Waals surface area contributed by atoms with Gasteiger partial charge >= 0.3 is 6.03 Å². The minimum atomic E-state index is -0.147. The van der Waals surface area contributed by atoms with Gasteiger partial charge in [0.05, 0.1) is 6.61 Å². The number of nitrogens with one attached hydrogen (secondary N) is 1. The van der Waals surface area contributed by atoms with Crippen molar-refractivity contribution in [1.29, 1.82) is 0 Å². The smallest absolute Gasteiger partial charge is 0.321 e. The zero-order valence-electron chi connectivity index (χ0n) is 12.3. The largest absolute Gasteiger partial charge is 0.395 e. The molecule has 0 fully saturated rings. The predicted molar refractivity (Wildman–Crippen MR) is 78.6 cm³/mol. The molecule has 0 aliphatic heterocycles. The Kier molecular flexibility index (Phi) is 5.83. The van der Waals surface area contributed by atoms with Crippen molar-refractivity contribution in [2.24, 2.45) is 0 Å². The van der Waals surface area contributed by atoms with Gasteiger partial charge in [0.2, 0.25) is 0 Å². The zero-order chi connectivity index (χ0) is 14.4. The molecule has 1 rings (SSSR count). The summed E-state index contributed by atoms with van der Waals surface area (Å²) in [6.07, 6.45) is 0.874. The Morgan fingerprint density at radius 2 is 1.79 bits per heavy atom. The predicted octanol–water partition coefficient (Wildman–Crippen LogP) is 2.85. The summed E-state index contributed by atoms with van der Waals surface area (Å²) in [6, 6.07) is 3.96. The quantitative estimate of drug-likeness (QED) is 0.859. The third-order valence-electron chi connectivity index (χ3n) is 3.06. The molecule has 4 nitrogen and oxygen atoms in total. The topological polar surface area (TPSA) is 52.6 Å². The SMILES string of the molecule is CCCN(CCO)C(=O)Nc1c(C)cc(C)cc1C. The molecule has 1 aromatic carbocycles. The van der Waals surface area contributed by atoms with E-state index < -0.39 is 0 Å². The number of carbonyl (C=O) groups excluding carboxylic acids is 1. The average Bonchev–Trinajstić information content (AvgIpc) is 2.33. The molecule has 0 radical (unpaired) electrons. The number of anilines is 1. The molecule has 0 saturated carbocycles. The van der Waals surface area contributed by atoms with E-state index in [1.54, 1.807) is 4.90 Å². The normalized spacial score (nSPS) is 10.4. The lowest BCUT2D eigenvalue weighted by atomic mass is 10.1. The Labute approximate surface area is 115 Å². The number of amides is 2. The van der Waals surface area contributed by atoms with E-state index in [0.29, 0.717) is 13.1 Å². The number of urea groups is 1. The third-order valence-corrected chi connectivity index (χ3v) is 3.06. The summed E-state index contributed by atoms with van der Waals surface area (Å²) in [4.78, 5) is 13.8. The number of nitrogens with zero attached hydrogens (tertiary/aromatic N) is 1. The molecule has 106 valence electrons. The van der Waals surface area contributed by atoms with Crippen LogP contribution in [0.25, 0.3) is 0 Å². The monoisotopic (exact) mass is 264 g/mol. The number of rotatable bonds is 5. The van der Waals surface area contributed by atoms with Gasteiger partial charge in [0, 0.05) is 18.8 Å². The molecular weight excluding hydrogens is 240 g/mol. The lowest BCUT2D eigenvalue weighted by Gasteiger charge is -2.23. The second kappa shape index (κ2) is 7.14. The van der Waals surface area contributed by atoms with Crippen LogP contribution in [-0.2, 0) is 0 Å². The number of aliphatic hydroxyl groups excluding tert-OH is 1. The minimum absolute atomic E-state index is 0.0146. The second-order valence-electron chi connectivity index (χ2n) is 4.91. The molecule has 0 atom stereocenters. The van der Waals surface area contributed by atoms with Crippen molar-refractivity contribution >= 4 is 11.7 Å². The lowest BCUT2D eigenvalue weighted by Crippen LogP contribution is -2.37. The van der Waals surface area contributed by atoms with Crippen LogP contribution in [0.15, 0.2) is 12.1 Å². The fraction of sp³-hybridized carbons (Fsp3) is 0.533. The fourth-order valence-corrected chi connectivity index (χ4v) is 2.27. The number of benzene rings is 1. The molecule has 2 amide bonds. The Morgan fingerprint density at radius 3 is 2.26 bits per heavy atom. The number of hydrogen-bond donors (Lipinski definition) is 2. The van der Waals surface area contributed by atoms with Gasteiger partial charge in [0.15, 0.2) is 0 Å². The highest BCUT2D eigenvalue weighted by Crippen LogP contribution is 2.22. The van der Waals surface area contributed by atoms with Crippen molar-refractivity contribution in [1.82, 2.24) is 4.90 Å². The van der Waals surface area contributed by atoms with Crippen LogP contribution < -0.4 is 5.32 Å². The first kappa shape index (κ1) is 15.5. The van der Waals surface area contributed by atoms with E-state index in [9.17, 15) is 4.79 Å². The maximum Gasteiger partial charge on any atom is 0.321 e. The Morgan fingerprint density at radius 1 is 1.21 bits per heavy atom. The summed E-state index contributed by atoms with van der Waals surface area (Å²) in [7, 11) is 0. The molecule has 2 N–H and O–H groups in total. The third kappa shape index (κ3) is 4.24. The van der Waals surface area contributed by atoms with Crippen molar-refractivity contribution in [3.63, 3.8) is 0 Å². The summed E-state index contributed by atoms with van der Waals surface area (Å²) in [5.41, 5.74) is 4.18. The first-order chi connectivity index (χ1) is 8.99. The van der Waals surface area contributed by atoms with Crippen LogP contribution in [-0.4, -0.2) is 35.7 Å². The molecule has 0 unspecified atom stereocenters. The molecule has 0 bridgehead atoms. The number of hydrogen-bond acceptors (Lipinski definition) is 2. The van der Waals surface area contributed by atoms with E-state index in [4.69, 9.17) is 5.11 Å². The Bertz CT molecular complexity index is 415. The van der Waals surface area contributed by atoms with Gasteiger partial charge in [0.1, 0.15) is 0 Å². The van der Waals surface area contributed by atoms with Gasteiger partial charge in [-0.05, 0) is 38.3 Å². The molecule has 0 aromatic heterocycles. The highest BCUT2D eigenvalue weighted by atomic mass is 16.3. The van der Waals surface area contributed by atoms with Gasteiger partial charge in [-0.3, -0.25) is 0 Å². The van der Waals surface area contributed by atoms with Crippen LogP contribution in [0.5, 0.6) is 0 Å². The van der Waals surface area contributed by atoms with Crippen LogP contribution in [0.2, 0.25) is 0 Å². The van der Waals surface area contributed by atoms with E-state index >= 15 is 0 Å². The van der Waals surface area contributed by atoms with Gasteiger partial charge in [0.25, 0.3) is 0 Å². The minimum Gasteiger partial charge on any atom is -0.395 e. The standard InChI is InChI=1S/C15H24N2O2/c1-5-6-17(7-8-18)15(19)16-14-12(3)9-11(2)10-13(14)4/h9-10,18H,5-8H2,1-4H3,(H,16,19). The second-order valence-corrected chi connectivity index (χ2v) is 4.91. The zero-order valence-corrected chi connectivity index (χ0v) is 12.3. The summed E-state index contributed by atoms with van der Waals surface area (Å²) in [6.45, 7) is 9.04. The molecule has 0 spiro atoms. The number of carbonyl (C=O) groups is 1. The maximum absolute atomic E-state index is 12.2. The van der Waals surface area contributed by atoms with Crippen LogP contribution >= 0.6 is 0 Å². The van der Waals surface area contributed by atoms with Crippen molar-refractivity contribution in [2.75, 3.05) is 25.0 Å². The summed E-state index contributed by atoms with van der Waals surface area (Å²) in [5, 5.41) is 12.0. The molecular formula is C15H24N2O2. The first-order valence-electron chi connectivity index (χ1n) is 6.74. The van der Waals surface area contributed by atoms with Crippen molar-refractivity contribution < 1.29 is 9.90 Å². The van der Waals surface area contributed by atoms with Gasteiger partial charge in [-0.25, -0.2) is 4.79 Å². The summed E-state index contributed by atoms with van der Waals surface area (Å²) in [5.74, 6) is 0. The maximum atomic E-state index is 12.2. The van der Waals surface area contributed by atoms with E-state index in [-0.39, 0.29) is 12.6 Å². The molecule has 0 saturated heterocycles. The first-order valence-corrected chi connectivity index (χ1v) is 6.74. The Hall–Kier alpha value is -1.55. The average molecular weight is 264 g/mol. The molecule has 0 aliphatic rings. The molecule has 0 aliphatic carbocycles. The van der Waals surface area contributed by atoms with Crippen LogP contribution in [0.3, 0.4) is 0 Å². The van der Waals surface area contributed by atoms with Gasteiger partial charge in [-0.15, -0.1) is 0 Å². The van der Waals surface area contributed by atoms with E-state index in [1.165, 1.54) is 5.56 Å². The summed E-state index contributed by atoms with van der Waals surface area (Å²) < 4.78 is 0. The van der Waals surface area contributed by atoms with E-state index in [2.05, 4.69) is 17.4 Å². The molecule has 0 heterocycles. The van der Waals surface area contributed by atoms with Crippen molar-refractivity contribution in [2.45, 2.75) is 34.1 Å². The van der Waals surface area contributed by atoms with E-state index in [1.807, 2.05) is 27.7 Å². The van der Waals surface area contributed by atoms with E-state index in [0.717, 1.165) is 23.2 Å². The van der Waals surface area contributed by atoms with Gasteiger partial charge in [-0.2, -0.15) is 0 Å². The van der Waals surface area contributed by atoms with Gasteiger partial charge < -0.3 is 15.3 Å². The van der Waals surface area contributed by atoms with Crippen molar-refractivity contribution in [3.8, 4) is 0 Å². The summed E-state index contributed by atoms with van der Waals surface area (Å²) >= 11 is 0. The highest BCUT2D eigenvalue weighted by molar-refractivity contribution is 5.91. The number of aliphatic hydroxyl groups is 1. The Balaban J connectivity index is 2.86. The van der Waals surface area contributed by atoms with Crippen LogP contribution in [0.4, 0.5) is 10.5 Å². The fourth-order valence-electron chi connectivity index (χ4n) is 2.27. The van der Waals surface area contributed by atoms with Gasteiger partial charge in [-0.1, -0.05) is 24.6 Å². The molecule has 4 heteroatoms. The van der Waals surface area contributed by atoms with Crippen LogP contribution in [0.1, 0.15) is 30.0 Å². The lowest BCUT2D eigenvalue weighted by molar-refractivity contribution is 0.188. The molecule has 1 aromatic rings. The highest BCUT2D eigenvalue weighted by Gasteiger charge is 2.14. The van der Waals surface area contributed by atoms with Crippen LogP contribution in [0, 0.1) is 20.8 Å². The molecule has 19 heavy (non-hydrogen) atoms. The number of aryl methyl sites for hydroxylation is 3. The van der Waals surface area contributed by atoms with Crippen molar-refractivity contribution in [3.05, 3.63) is 28.8 Å².